The van der Waals surface area contributed by atoms with Gasteiger partial charge in [-0.1, -0.05) is 0 Å². The number of aromatic nitrogens is 2. The first-order chi connectivity index (χ1) is 11.8. The minimum absolute atomic E-state index is 0.0274. The van der Waals surface area contributed by atoms with Gasteiger partial charge in [0.25, 0.3) is 15.6 Å². The van der Waals surface area contributed by atoms with Gasteiger partial charge in [-0.3, -0.25) is 19.3 Å². The summed E-state index contributed by atoms with van der Waals surface area (Å²) in [6, 6.07) is 9.45. The van der Waals surface area contributed by atoms with Gasteiger partial charge in [-0.15, -0.1) is 0 Å². The number of benzene rings is 2. The van der Waals surface area contributed by atoms with Crippen LogP contribution in [0.1, 0.15) is 10.4 Å². The number of H-pyrrole nitrogens is 1. The highest BCUT2D eigenvalue weighted by Gasteiger charge is 2.15. The molecule has 0 spiro atoms. The van der Waals surface area contributed by atoms with Crippen LogP contribution in [0.3, 0.4) is 0 Å². The van der Waals surface area contributed by atoms with Crippen molar-refractivity contribution in [3.8, 4) is 0 Å². The van der Waals surface area contributed by atoms with Crippen LogP contribution in [0, 0.1) is 0 Å². The molecule has 0 bridgehead atoms. The van der Waals surface area contributed by atoms with Crippen LogP contribution in [-0.4, -0.2) is 24.3 Å². The first-order valence-electron chi connectivity index (χ1n) is 6.98. The number of carbonyl (C=O) groups excluding carboxylic acids is 1. The number of nitrogens with zero attached hydrogens (tertiary/aromatic N) is 1. The molecule has 10 heteroatoms. The predicted octanol–water partition coefficient (Wildman–Crippen LogP) is 0.405. The largest absolute Gasteiger partial charge is 0.369 e. The number of hydrogen-bond donors (Lipinski definition) is 4. The second kappa shape index (κ2) is 5.91. The van der Waals surface area contributed by atoms with Crippen LogP contribution < -0.4 is 21.7 Å². The number of nitrogens with one attached hydrogen (secondary N) is 2. The lowest BCUT2D eigenvalue weighted by molar-refractivity contribution is 0.1000. The quantitative estimate of drug-likeness (QED) is 0.527. The number of carbonyl (C=O) groups is 1. The third-order valence-electron chi connectivity index (χ3n) is 3.43. The number of sulfonamides is 1. The first kappa shape index (κ1) is 16.5. The van der Waals surface area contributed by atoms with Crippen molar-refractivity contribution in [2.75, 3.05) is 10.5 Å². The lowest BCUT2D eigenvalue weighted by Gasteiger charge is -2.09. The van der Waals surface area contributed by atoms with E-state index in [9.17, 15) is 18.0 Å². The SMILES string of the molecule is NC(=O)c1ccc(S(=O)(=O)Nc2ccc3nc(N)[nH]c(=O)c3c2)cc1. The van der Waals surface area contributed by atoms with Gasteiger partial charge in [0.05, 0.1) is 15.8 Å². The van der Waals surface area contributed by atoms with Gasteiger partial charge in [0, 0.05) is 11.3 Å². The third-order valence-corrected chi connectivity index (χ3v) is 4.82. The van der Waals surface area contributed by atoms with Crippen molar-refractivity contribution >= 4 is 38.5 Å². The highest BCUT2D eigenvalue weighted by atomic mass is 32.2. The predicted molar refractivity (Wildman–Crippen MR) is 92.5 cm³/mol. The molecule has 3 rings (SSSR count). The number of primary amides is 1. The van der Waals surface area contributed by atoms with Crippen LogP contribution >= 0.6 is 0 Å². The van der Waals surface area contributed by atoms with E-state index in [-0.39, 0.29) is 27.5 Å². The molecule has 2 aromatic carbocycles. The van der Waals surface area contributed by atoms with E-state index in [0.29, 0.717) is 5.52 Å². The summed E-state index contributed by atoms with van der Waals surface area (Å²) in [7, 11) is -3.90. The molecule has 0 fully saturated rings. The van der Waals surface area contributed by atoms with E-state index in [4.69, 9.17) is 11.5 Å². The van der Waals surface area contributed by atoms with Crippen LogP contribution in [0.15, 0.2) is 52.2 Å². The Balaban J connectivity index is 1.96. The maximum Gasteiger partial charge on any atom is 0.261 e. The van der Waals surface area contributed by atoms with Gasteiger partial charge in [-0.25, -0.2) is 13.4 Å². The standard InChI is InChI=1S/C15H13N5O4S/c16-13(21)8-1-4-10(5-2-8)25(23,24)20-9-3-6-12-11(7-9)14(22)19-15(17)18-12/h1-7,20H,(H2,16,21)(H3,17,18,19,22). The van der Waals surface area contributed by atoms with Gasteiger partial charge < -0.3 is 11.5 Å². The lowest BCUT2D eigenvalue weighted by atomic mass is 10.2. The van der Waals surface area contributed by atoms with Crippen molar-refractivity contribution in [2.24, 2.45) is 5.73 Å². The fourth-order valence-electron chi connectivity index (χ4n) is 2.23. The van der Waals surface area contributed by atoms with E-state index < -0.39 is 21.5 Å². The molecule has 25 heavy (non-hydrogen) atoms. The molecule has 0 atom stereocenters. The molecule has 0 aliphatic heterocycles. The minimum Gasteiger partial charge on any atom is -0.369 e. The Hall–Kier alpha value is -3.40. The highest BCUT2D eigenvalue weighted by molar-refractivity contribution is 7.92. The van der Waals surface area contributed by atoms with Gasteiger partial charge in [-0.05, 0) is 42.5 Å². The lowest BCUT2D eigenvalue weighted by Crippen LogP contribution is -2.15. The molecule has 0 aliphatic rings. The molecule has 128 valence electrons. The topological polar surface area (TPSA) is 161 Å². The monoisotopic (exact) mass is 359 g/mol. The number of rotatable bonds is 4. The summed E-state index contributed by atoms with van der Waals surface area (Å²) in [5.74, 6) is -0.683. The normalized spacial score (nSPS) is 11.4. The van der Waals surface area contributed by atoms with E-state index in [2.05, 4.69) is 14.7 Å². The molecule has 1 heterocycles. The van der Waals surface area contributed by atoms with Crippen molar-refractivity contribution in [3.63, 3.8) is 0 Å². The Morgan fingerprint density at radius 2 is 1.80 bits per heavy atom. The zero-order valence-corrected chi connectivity index (χ0v) is 13.5. The van der Waals surface area contributed by atoms with Crippen molar-refractivity contribution in [1.82, 2.24) is 9.97 Å². The fraction of sp³-hybridized carbons (Fsp3) is 0. The Morgan fingerprint density at radius 1 is 1.12 bits per heavy atom. The van der Waals surface area contributed by atoms with E-state index in [1.165, 1.54) is 42.5 Å². The van der Waals surface area contributed by atoms with Gasteiger partial charge in [0.15, 0.2) is 0 Å². The fourth-order valence-corrected chi connectivity index (χ4v) is 3.28. The third kappa shape index (κ3) is 3.28. The maximum absolute atomic E-state index is 12.4. The Kier molecular flexibility index (Phi) is 3.89. The van der Waals surface area contributed by atoms with Crippen LogP contribution in [0.2, 0.25) is 0 Å². The van der Waals surface area contributed by atoms with Crippen molar-refractivity contribution in [1.29, 1.82) is 0 Å². The molecule has 0 radical (unpaired) electrons. The number of amides is 1. The molecule has 6 N–H and O–H groups in total. The Morgan fingerprint density at radius 3 is 2.44 bits per heavy atom. The maximum atomic E-state index is 12.4. The summed E-state index contributed by atoms with van der Waals surface area (Å²) in [4.78, 5) is 29.2. The molecule has 3 aromatic rings. The molecule has 1 aromatic heterocycles. The van der Waals surface area contributed by atoms with E-state index in [0.717, 1.165) is 0 Å². The van der Waals surface area contributed by atoms with Gasteiger partial charge in [-0.2, -0.15) is 0 Å². The van der Waals surface area contributed by atoms with Crippen LogP contribution in [0.5, 0.6) is 0 Å². The summed E-state index contributed by atoms with van der Waals surface area (Å²) in [5, 5.41) is 0.193. The molecular formula is C15H13N5O4S. The van der Waals surface area contributed by atoms with Gasteiger partial charge in [0.2, 0.25) is 11.9 Å². The first-order valence-corrected chi connectivity index (χ1v) is 8.47. The average Bonchev–Trinajstić information content (AvgIpc) is 2.55. The zero-order chi connectivity index (χ0) is 18.2. The van der Waals surface area contributed by atoms with Crippen LogP contribution in [-0.2, 0) is 10.0 Å². The summed E-state index contributed by atoms with van der Waals surface area (Å²) in [6.45, 7) is 0. The van der Waals surface area contributed by atoms with Crippen molar-refractivity contribution < 1.29 is 13.2 Å². The number of hydrogen-bond acceptors (Lipinski definition) is 6. The number of anilines is 2. The Bertz CT molecular complexity index is 1140. The van der Waals surface area contributed by atoms with Crippen molar-refractivity contribution in [2.45, 2.75) is 4.90 Å². The zero-order valence-electron chi connectivity index (χ0n) is 12.7. The van der Waals surface area contributed by atoms with E-state index in [1.807, 2.05) is 0 Å². The second-order valence-corrected chi connectivity index (χ2v) is 6.86. The average molecular weight is 359 g/mol. The van der Waals surface area contributed by atoms with E-state index in [1.54, 1.807) is 0 Å². The molecule has 1 amide bonds. The second-order valence-electron chi connectivity index (χ2n) is 5.18. The number of nitrogen functional groups attached to an aromatic ring is 1. The minimum atomic E-state index is -3.90. The summed E-state index contributed by atoms with van der Waals surface area (Å²) >= 11 is 0. The number of aromatic amines is 1. The van der Waals surface area contributed by atoms with Gasteiger partial charge >= 0.3 is 0 Å². The molecule has 0 saturated carbocycles. The highest BCUT2D eigenvalue weighted by Crippen LogP contribution is 2.19. The van der Waals surface area contributed by atoms with Crippen LogP contribution in [0.4, 0.5) is 11.6 Å². The summed E-state index contributed by atoms with van der Waals surface area (Å²) < 4.78 is 27.2. The molecular weight excluding hydrogens is 346 g/mol. The number of fused-ring (bicyclic) bond motifs is 1. The molecule has 0 unspecified atom stereocenters. The van der Waals surface area contributed by atoms with Crippen LogP contribution in [0.25, 0.3) is 10.9 Å². The molecule has 0 saturated heterocycles. The van der Waals surface area contributed by atoms with E-state index >= 15 is 0 Å². The molecule has 0 aliphatic carbocycles. The summed E-state index contributed by atoms with van der Waals surface area (Å²) in [5.41, 5.74) is 10.8. The Labute approximate surface area is 141 Å². The number of nitrogens with two attached hydrogens (primary N) is 2. The summed E-state index contributed by atoms with van der Waals surface area (Å²) in [6.07, 6.45) is 0. The smallest absolute Gasteiger partial charge is 0.261 e. The van der Waals surface area contributed by atoms with Gasteiger partial charge in [0.1, 0.15) is 0 Å². The molecule has 9 nitrogen and oxygen atoms in total. The van der Waals surface area contributed by atoms with Crippen molar-refractivity contribution in [3.05, 3.63) is 58.4 Å².